The normalized spacial score (nSPS) is 11.3. The van der Waals surface area contributed by atoms with Crippen molar-refractivity contribution in [2.24, 2.45) is 0 Å². The molecule has 0 aliphatic rings. The highest BCUT2D eigenvalue weighted by Crippen LogP contribution is 2.36. The third-order valence-corrected chi connectivity index (χ3v) is 3.96. The fourth-order valence-electron chi connectivity index (χ4n) is 2.42. The zero-order valence-corrected chi connectivity index (χ0v) is 14.9. The maximum absolute atomic E-state index is 13.2. The Morgan fingerprint density at radius 1 is 1.21 bits per heavy atom. The zero-order chi connectivity index (χ0) is 20.5. The van der Waals surface area contributed by atoms with Crippen LogP contribution in [0.1, 0.15) is 16.1 Å². The number of anilines is 1. The monoisotopic (exact) mass is 414 g/mol. The van der Waals surface area contributed by atoms with Gasteiger partial charge in [-0.15, -0.1) is 0 Å². The van der Waals surface area contributed by atoms with E-state index in [1.54, 1.807) is 12.1 Å². The Morgan fingerprint density at radius 2 is 1.89 bits per heavy atom. The number of halogens is 4. The average molecular weight is 415 g/mol. The summed E-state index contributed by atoms with van der Waals surface area (Å²) < 4.78 is 50.3. The van der Waals surface area contributed by atoms with Crippen LogP contribution in [0.5, 0.6) is 5.75 Å². The van der Waals surface area contributed by atoms with Gasteiger partial charge in [0.25, 0.3) is 0 Å². The highest BCUT2D eigenvalue weighted by Gasteiger charge is 2.36. The molecule has 11 heteroatoms. The minimum absolute atomic E-state index is 0.153. The van der Waals surface area contributed by atoms with Gasteiger partial charge in [-0.1, -0.05) is 11.6 Å². The lowest BCUT2D eigenvalue weighted by Crippen LogP contribution is -2.42. The molecule has 0 aliphatic carbocycles. The first kappa shape index (κ1) is 19.5. The molecule has 0 saturated heterocycles. The van der Waals surface area contributed by atoms with Crippen LogP contribution in [0.4, 0.5) is 18.9 Å². The van der Waals surface area contributed by atoms with Gasteiger partial charge in [0.2, 0.25) is 5.69 Å². The maximum Gasteiger partial charge on any atom is 0.441 e. The van der Waals surface area contributed by atoms with Crippen LogP contribution in [0, 0.1) is 0 Å². The van der Waals surface area contributed by atoms with E-state index in [1.807, 2.05) is 0 Å². The minimum Gasteiger partial charge on any atom is -0.497 e. The highest BCUT2D eigenvalue weighted by atomic mass is 35.5. The Hall–Kier alpha value is -3.27. The van der Waals surface area contributed by atoms with E-state index in [0.29, 0.717) is 17.5 Å². The van der Waals surface area contributed by atoms with Crippen molar-refractivity contribution in [3.63, 3.8) is 0 Å². The molecular formula is C17H12ClF3N3O4+. The number of ether oxygens (including phenoxy) is 1. The molecule has 28 heavy (non-hydrogen) atoms. The fraction of sp³-hybridized carbons (Fsp3) is 0.118. The highest BCUT2D eigenvalue weighted by molar-refractivity contribution is 6.30. The standard InChI is InChI=1S/C17H11ClF3N3O4/c1-27-11-5-3-10(4-6-11)24-14(16(26)28-23-24)15(25)22-13-7-2-9(18)8-12(13)17(19,20)21/h2-8H,1H3,(H-,22,23,25,26)/p+1. The number of nitrogens with zero attached hydrogens (tertiary/aromatic N) is 1. The number of carbonyl (C=O) groups excluding carboxylic acids is 1. The molecule has 2 N–H and O–H groups in total. The van der Waals surface area contributed by atoms with Crippen molar-refractivity contribution in [2.75, 3.05) is 12.4 Å². The first-order chi connectivity index (χ1) is 13.2. The molecule has 0 atom stereocenters. The molecule has 0 unspecified atom stereocenters. The van der Waals surface area contributed by atoms with Crippen LogP contribution in [-0.4, -0.2) is 18.3 Å². The largest absolute Gasteiger partial charge is 0.497 e. The van der Waals surface area contributed by atoms with Crippen molar-refractivity contribution in [3.8, 4) is 11.4 Å². The van der Waals surface area contributed by atoms with Gasteiger partial charge in [-0.25, -0.2) is 4.79 Å². The van der Waals surface area contributed by atoms with Crippen molar-refractivity contribution in [2.45, 2.75) is 6.18 Å². The van der Waals surface area contributed by atoms with E-state index >= 15 is 0 Å². The number of benzene rings is 2. The molecule has 0 aliphatic heterocycles. The van der Waals surface area contributed by atoms with E-state index < -0.39 is 34.7 Å². The first-order valence-electron chi connectivity index (χ1n) is 7.67. The smallest absolute Gasteiger partial charge is 0.441 e. The lowest BCUT2D eigenvalue weighted by Gasteiger charge is -2.13. The van der Waals surface area contributed by atoms with Crippen molar-refractivity contribution in [3.05, 3.63) is 69.2 Å². The Morgan fingerprint density at radius 3 is 2.50 bits per heavy atom. The predicted molar refractivity (Wildman–Crippen MR) is 91.8 cm³/mol. The molecule has 2 aromatic carbocycles. The molecule has 3 aromatic rings. The summed E-state index contributed by atoms with van der Waals surface area (Å²) in [6.45, 7) is 0. The van der Waals surface area contributed by atoms with Gasteiger partial charge < -0.3 is 10.1 Å². The summed E-state index contributed by atoms with van der Waals surface area (Å²) in [7, 11) is 1.46. The van der Waals surface area contributed by atoms with Gasteiger partial charge in [-0.2, -0.15) is 13.2 Å². The third kappa shape index (κ3) is 3.86. The molecular weight excluding hydrogens is 403 g/mol. The Kier molecular flexibility index (Phi) is 5.14. The van der Waals surface area contributed by atoms with Gasteiger partial charge in [-0.05, 0) is 40.3 Å². The second-order valence-corrected chi connectivity index (χ2v) is 5.94. The van der Waals surface area contributed by atoms with Gasteiger partial charge in [0.15, 0.2) is 0 Å². The van der Waals surface area contributed by atoms with Gasteiger partial charge in [0, 0.05) is 17.2 Å². The summed E-state index contributed by atoms with van der Waals surface area (Å²) in [6, 6.07) is 9.02. The average Bonchev–Trinajstić information content (AvgIpc) is 3.04. The second-order valence-electron chi connectivity index (χ2n) is 5.50. The van der Waals surface area contributed by atoms with E-state index in [2.05, 4.69) is 15.1 Å². The summed E-state index contributed by atoms with van der Waals surface area (Å²) >= 11 is 5.62. The van der Waals surface area contributed by atoms with Crippen molar-refractivity contribution < 1.29 is 31.9 Å². The Bertz CT molecular complexity index is 1070. The first-order valence-corrected chi connectivity index (χ1v) is 8.04. The number of carbonyl (C=O) groups is 1. The van der Waals surface area contributed by atoms with Crippen LogP contribution in [0.25, 0.3) is 5.69 Å². The topological polar surface area (TPSA) is 88.2 Å². The van der Waals surface area contributed by atoms with Gasteiger partial charge in [0.1, 0.15) is 5.75 Å². The quantitative estimate of drug-likeness (QED) is 0.642. The Balaban J connectivity index is 1.99. The number of methoxy groups -OCH3 is 1. The minimum atomic E-state index is -4.76. The number of aromatic nitrogens is 2. The summed E-state index contributed by atoms with van der Waals surface area (Å²) in [6.07, 6.45) is -4.76. The van der Waals surface area contributed by atoms with E-state index in [1.165, 1.54) is 25.3 Å². The number of amides is 1. The van der Waals surface area contributed by atoms with Gasteiger partial charge >= 0.3 is 23.4 Å². The number of hydrogen-bond acceptors (Lipinski definition) is 4. The third-order valence-electron chi connectivity index (χ3n) is 3.73. The zero-order valence-electron chi connectivity index (χ0n) is 14.1. The number of nitrogens with one attached hydrogen (secondary N) is 2. The van der Waals surface area contributed by atoms with Crippen LogP contribution < -0.4 is 20.4 Å². The molecule has 0 spiro atoms. The molecule has 0 fully saturated rings. The van der Waals surface area contributed by atoms with Crippen LogP contribution in [0.15, 0.2) is 51.8 Å². The molecule has 1 heterocycles. The molecule has 0 radical (unpaired) electrons. The lowest BCUT2D eigenvalue weighted by molar-refractivity contribution is -0.672. The van der Waals surface area contributed by atoms with Gasteiger partial charge in [-0.3, -0.25) is 9.32 Å². The molecule has 0 bridgehead atoms. The molecule has 1 amide bonds. The second kappa shape index (κ2) is 7.39. The predicted octanol–water partition coefficient (Wildman–Crippen LogP) is 3.18. The molecule has 3 rings (SSSR count). The van der Waals surface area contributed by atoms with Crippen molar-refractivity contribution in [1.82, 2.24) is 5.27 Å². The van der Waals surface area contributed by atoms with Crippen LogP contribution in [-0.2, 0) is 6.18 Å². The summed E-state index contributed by atoms with van der Waals surface area (Å²) in [4.78, 5) is 24.5. The van der Waals surface area contributed by atoms with E-state index in [0.717, 1.165) is 10.7 Å². The molecule has 146 valence electrons. The van der Waals surface area contributed by atoms with Crippen molar-refractivity contribution in [1.29, 1.82) is 0 Å². The fourth-order valence-corrected chi connectivity index (χ4v) is 2.59. The number of aromatic amines is 1. The molecule has 1 aromatic heterocycles. The van der Waals surface area contributed by atoms with Crippen LogP contribution >= 0.6 is 11.6 Å². The van der Waals surface area contributed by atoms with Crippen molar-refractivity contribution >= 4 is 23.2 Å². The Labute approximate surface area is 160 Å². The molecule has 7 nitrogen and oxygen atoms in total. The number of hydrogen-bond donors (Lipinski definition) is 2. The van der Waals surface area contributed by atoms with Gasteiger partial charge in [0.05, 0.1) is 18.4 Å². The SMILES string of the molecule is COc1ccc(-[n+]2[nH]oc(=O)c2C(=O)Nc2ccc(Cl)cc2C(F)(F)F)cc1. The summed E-state index contributed by atoms with van der Waals surface area (Å²) in [5, 5.41) is 4.16. The van der Waals surface area contributed by atoms with Crippen LogP contribution in [0.2, 0.25) is 5.02 Å². The summed E-state index contributed by atoms with van der Waals surface area (Å²) in [5.41, 5.74) is -2.99. The summed E-state index contributed by atoms with van der Waals surface area (Å²) in [5.74, 6) is -0.573. The van der Waals surface area contributed by atoms with E-state index in [4.69, 9.17) is 16.3 Å². The molecule has 0 saturated carbocycles. The number of H-pyrrole nitrogens is 1. The number of alkyl halides is 3. The van der Waals surface area contributed by atoms with E-state index in [-0.39, 0.29) is 5.02 Å². The number of rotatable bonds is 4. The lowest BCUT2D eigenvalue weighted by atomic mass is 10.1. The van der Waals surface area contributed by atoms with Crippen LogP contribution in [0.3, 0.4) is 0 Å². The maximum atomic E-state index is 13.2. The van der Waals surface area contributed by atoms with E-state index in [9.17, 15) is 22.8 Å².